The minimum atomic E-state index is -4.40. The highest BCUT2D eigenvalue weighted by Gasteiger charge is 2.31. The van der Waals surface area contributed by atoms with Crippen molar-refractivity contribution >= 4 is 17.0 Å². The normalized spacial score (nSPS) is 12.0. The molecule has 3 aromatic rings. The molecule has 108 valence electrons. The van der Waals surface area contributed by atoms with E-state index >= 15 is 0 Å². The van der Waals surface area contributed by atoms with Crippen molar-refractivity contribution in [3.8, 4) is 0 Å². The van der Waals surface area contributed by atoms with Crippen LogP contribution in [0.15, 0.2) is 42.6 Å². The van der Waals surface area contributed by atoms with Crippen LogP contribution in [0.3, 0.4) is 0 Å². The summed E-state index contributed by atoms with van der Waals surface area (Å²) in [6, 6.07) is 8.84. The third-order valence-corrected chi connectivity index (χ3v) is 3.15. The van der Waals surface area contributed by atoms with Crippen molar-refractivity contribution in [2.45, 2.75) is 12.7 Å². The summed E-state index contributed by atoms with van der Waals surface area (Å²) < 4.78 is 39.7. The fourth-order valence-corrected chi connectivity index (χ4v) is 2.14. The number of nitrogen functional groups attached to an aromatic ring is 1. The molecule has 7 heteroatoms. The lowest BCUT2D eigenvalue weighted by atomic mass is 10.2. The number of hydrogen-bond acceptors (Lipinski definition) is 3. The van der Waals surface area contributed by atoms with E-state index in [2.05, 4.69) is 9.97 Å². The van der Waals surface area contributed by atoms with E-state index in [0.29, 0.717) is 12.1 Å². The number of aromatic nitrogens is 3. The summed E-state index contributed by atoms with van der Waals surface area (Å²) in [4.78, 5) is 8.17. The van der Waals surface area contributed by atoms with Gasteiger partial charge >= 0.3 is 6.18 Å². The van der Waals surface area contributed by atoms with Gasteiger partial charge in [-0.25, -0.2) is 4.98 Å². The van der Waals surface area contributed by atoms with Crippen molar-refractivity contribution in [1.29, 1.82) is 0 Å². The maximum Gasteiger partial charge on any atom is 0.416 e. The number of pyridine rings is 1. The molecule has 0 amide bonds. The number of hydrogen-bond donors (Lipinski definition) is 1. The zero-order valence-electron chi connectivity index (χ0n) is 10.8. The average Bonchev–Trinajstić information content (AvgIpc) is 2.75. The fraction of sp³-hybridized carbons (Fsp3) is 0.143. The number of nitrogens with two attached hydrogens (primary N) is 1. The highest BCUT2D eigenvalue weighted by atomic mass is 19.4. The predicted molar refractivity (Wildman–Crippen MR) is 72.5 cm³/mol. The van der Waals surface area contributed by atoms with Gasteiger partial charge in [0.1, 0.15) is 0 Å². The SMILES string of the molecule is Nc1nc2cc(C(F)(F)F)ccc2n1Cc1ccccn1. The Balaban J connectivity index is 2.06. The van der Waals surface area contributed by atoms with Crippen LogP contribution in [0.25, 0.3) is 11.0 Å². The maximum absolute atomic E-state index is 12.7. The van der Waals surface area contributed by atoms with Gasteiger partial charge < -0.3 is 10.3 Å². The van der Waals surface area contributed by atoms with E-state index in [1.54, 1.807) is 16.8 Å². The molecule has 0 unspecified atom stereocenters. The molecule has 0 saturated heterocycles. The molecule has 3 rings (SSSR count). The Bertz CT molecular complexity index is 778. The number of benzene rings is 1. The molecule has 2 N–H and O–H groups in total. The first kappa shape index (κ1) is 13.4. The maximum atomic E-state index is 12.7. The first-order valence-corrected chi connectivity index (χ1v) is 6.18. The molecule has 1 aromatic carbocycles. The van der Waals surface area contributed by atoms with Gasteiger partial charge in [-0.2, -0.15) is 13.2 Å². The molecule has 0 aliphatic heterocycles. The van der Waals surface area contributed by atoms with Crippen LogP contribution in [0.1, 0.15) is 11.3 Å². The minimum Gasteiger partial charge on any atom is -0.369 e. The van der Waals surface area contributed by atoms with Gasteiger partial charge in [-0.1, -0.05) is 6.07 Å². The van der Waals surface area contributed by atoms with E-state index in [-0.39, 0.29) is 11.5 Å². The van der Waals surface area contributed by atoms with Gasteiger partial charge in [0.05, 0.1) is 28.8 Å². The van der Waals surface area contributed by atoms with Crippen LogP contribution in [0.2, 0.25) is 0 Å². The minimum absolute atomic E-state index is 0.162. The van der Waals surface area contributed by atoms with E-state index in [1.165, 1.54) is 6.07 Å². The van der Waals surface area contributed by atoms with Crippen LogP contribution in [-0.4, -0.2) is 14.5 Å². The van der Waals surface area contributed by atoms with Gasteiger partial charge in [0.15, 0.2) is 0 Å². The second kappa shape index (κ2) is 4.76. The topological polar surface area (TPSA) is 56.7 Å². The van der Waals surface area contributed by atoms with Crippen LogP contribution in [0.4, 0.5) is 19.1 Å². The van der Waals surface area contributed by atoms with Crippen molar-refractivity contribution < 1.29 is 13.2 Å². The van der Waals surface area contributed by atoms with Crippen LogP contribution in [0, 0.1) is 0 Å². The van der Waals surface area contributed by atoms with E-state index in [1.807, 2.05) is 12.1 Å². The van der Waals surface area contributed by atoms with Gasteiger partial charge in [-0.3, -0.25) is 4.98 Å². The van der Waals surface area contributed by atoms with E-state index in [0.717, 1.165) is 17.8 Å². The third kappa shape index (κ3) is 2.54. The second-order valence-corrected chi connectivity index (χ2v) is 4.58. The van der Waals surface area contributed by atoms with Crippen LogP contribution in [0.5, 0.6) is 0 Å². The summed E-state index contributed by atoms with van der Waals surface area (Å²) in [5, 5.41) is 0. The summed E-state index contributed by atoms with van der Waals surface area (Å²) in [6.45, 7) is 0.356. The molecule has 0 bridgehead atoms. The van der Waals surface area contributed by atoms with E-state index in [9.17, 15) is 13.2 Å². The zero-order valence-corrected chi connectivity index (χ0v) is 10.8. The van der Waals surface area contributed by atoms with Gasteiger partial charge in [-0.05, 0) is 30.3 Å². The molecule has 0 atom stereocenters. The number of anilines is 1. The molecule has 2 heterocycles. The monoisotopic (exact) mass is 292 g/mol. The Kier molecular flexibility index (Phi) is 3.04. The second-order valence-electron chi connectivity index (χ2n) is 4.58. The molecule has 0 radical (unpaired) electrons. The number of alkyl halides is 3. The average molecular weight is 292 g/mol. The quantitative estimate of drug-likeness (QED) is 0.789. The zero-order chi connectivity index (χ0) is 15.0. The highest BCUT2D eigenvalue weighted by molar-refractivity contribution is 5.79. The standard InChI is InChI=1S/C14H11F3N4/c15-14(16,17)9-4-5-12-11(7-9)20-13(18)21(12)8-10-3-1-2-6-19-10/h1-7H,8H2,(H2,18,20). The Morgan fingerprint density at radius 1 is 1.14 bits per heavy atom. The number of imidazole rings is 1. The molecule has 0 saturated carbocycles. The molecule has 0 spiro atoms. The lowest BCUT2D eigenvalue weighted by molar-refractivity contribution is -0.137. The molecular formula is C14H11F3N4. The van der Waals surface area contributed by atoms with Gasteiger partial charge in [0.2, 0.25) is 5.95 Å². The van der Waals surface area contributed by atoms with Gasteiger partial charge in [0.25, 0.3) is 0 Å². The number of fused-ring (bicyclic) bond motifs is 1. The van der Waals surface area contributed by atoms with Crippen LogP contribution >= 0.6 is 0 Å². The Labute approximate surface area is 118 Å². The molecule has 21 heavy (non-hydrogen) atoms. The Morgan fingerprint density at radius 3 is 2.62 bits per heavy atom. The molecular weight excluding hydrogens is 281 g/mol. The van der Waals surface area contributed by atoms with Crippen molar-refractivity contribution in [3.63, 3.8) is 0 Å². The first-order valence-electron chi connectivity index (χ1n) is 6.18. The molecule has 0 aliphatic rings. The Hall–Kier alpha value is -2.57. The smallest absolute Gasteiger partial charge is 0.369 e. The van der Waals surface area contributed by atoms with E-state index in [4.69, 9.17) is 5.73 Å². The summed E-state index contributed by atoms with van der Waals surface area (Å²) in [5.41, 5.74) is 6.59. The number of nitrogens with zero attached hydrogens (tertiary/aromatic N) is 3. The van der Waals surface area contributed by atoms with Crippen molar-refractivity contribution in [2.24, 2.45) is 0 Å². The summed E-state index contributed by atoms with van der Waals surface area (Å²) in [7, 11) is 0. The largest absolute Gasteiger partial charge is 0.416 e. The molecule has 2 aromatic heterocycles. The van der Waals surface area contributed by atoms with Crippen LogP contribution < -0.4 is 5.73 Å². The number of rotatable bonds is 2. The van der Waals surface area contributed by atoms with Crippen molar-refractivity contribution in [2.75, 3.05) is 5.73 Å². The van der Waals surface area contributed by atoms with Crippen molar-refractivity contribution in [3.05, 3.63) is 53.9 Å². The molecule has 4 nitrogen and oxygen atoms in total. The molecule has 0 aliphatic carbocycles. The lowest BCUT2D eigenvalue weighted by Crippen LogP contribution is -2.06. The van der Waals surface area contributed by atoms with Gasteiger partial charge in [-0.15, -0.1) is 0 Å². The predicted octanol–water partition coefficient (Wildman–Crippen LogP) is 3.08. The third-order valence-electron chi connectivity index (χ3n) is 3.15. The lowest BCUT2D eigenvalue weighted by Gasteiger charge is -2.08. The first-order chi connectivity index (χ1) is 9.95. The summed E-state index contributed by atoms with van der Waals surface area (Å²) in [5.74, 6) is 0.162. The van der Waals surface area contributed by atoms with Gasteiger partial charge in [0, 0.05) is 6.20 Å². The summed E-state index contributed by atoms with van der Waals surface area (Å²) in [6.07, 6.45) is -2.75. The fourth-order valence-electron chi connectivity index (χ4n) is 2.14. The highest BCUT2D eigenvalue weighted by Crippen LogP contribution is 2.31. The summed E-state index contributed by atoms with van der Waals surface area (Å²) >= 11 is 0. The Morgan fingerprint density at radius 2 is 1.95 bits per heavy atom. The van der Waals surface area contributed by atoms with Crippen molar-refractivity contribution in [1.82, 2.24) is 14.5 Å². The number of halogens is 3. The van der Waals surface area contributed by atoms with E-state index < -0.39 is 11.7 Å². The molecule has 0 fully saturated rings. The van der Waals surface area contributed by atoms with Crippen LogP contribution in [-0.2, 0) is 12.7 Å².